The fourth-order valence-electron chi connectivity index (χ4n) is 3.95. The average Bonchev–Trinajstić information content (AvgIpc) is 3.14. The van der Waals surface area contributed by atoms with Crippen molar-refractivity contribution in [1.29, 1.82) is 0 Å². The minimum atomic E-state index is 0.226. The van der Waals surface area contributed by atoms with Crippen LogP contribution in [0.5, 0.6) is 0 Å². The SMILES string of the molecule is CCCN(CCC)C1Cc2cc3[nH]cc(C(=O)CC)c3cc2C1. The molecular weight excluding hydrogens is 284 g/mol. The fourth-order valence-corrected chi connectivity index (χ4v) is 3.95. The minimum Gasteiger partial charge on any atom is -0.360 e. The number of H-pyrrole nitrogens is 1. The van der Waals surface area contributed by atoms with Crippen LogP contribution in [-0.4, -0.2) is 34.8 Å². The van der Waals surface area contributed by atoms with Crippen molar-refractivity contribution in [3.8, 4) is 0 Å². The van der Waals surface area contributed by atoms with Crippen LogP contribution in [0, 0.1) is 0 Å². The van der Waals surface area contributed by atoms with Gasteiger partial charge in [-0.2, -0.15) is 0 Å². The van der Waals surface area contributed by atoms with Gasteiger partial charge >= 0.3 is 0 Å². The first-order chi connectivity index (χ1) is 11.2. The molecule has 3 rings (SSSR count). The molecule has 1 aliphatic carbocycles. The Balaban J connectivity index is 1.89. The van der Waals surface area contributed by atoms with Crippen LogP contribution < -0.4 is 0 Å². The number of hydrogen-bond acceptors (Lipinski definition) is 2. The number of fused-ring (bicyclic) bond motifs is 2. The number of benzene rings is 1. The Morgan fingerprint density at radius 2 is 1.78 bits per heavy atom. The Morgan fingerprint density at radius 3 is 2.39 bits per heavy atom. The van der Waals surface area contributed by atoms with E-state index in [0.717, 1.165) is 29.3 Å². The number of aromatic amines is 1. The van der Waals surface area contributed by atoms with Crippen molar-refractivity contribution in [1.82, 2.24) is 9.88 Å². The number of nitrogens with one attached hydrogen (secondary N) is 1. The van der Waals surface area contributed by atoms with Gasteiger partial charge in [0.05, 0.1) is 0 Å². The van der Waals surface area contributed by atoms with E-state index < -0.39 is 0 Å². The van der Waals surface area contributed by atoms with Crippen LogP contribution in [0.1, 0.15) is 61.5 Å². The van der Waals surface area contributed by atoms with Gasteiger partial charge in [0.1, 0.15) is 0 Å². The lowest BCUT2D eigenvalue weighted by Crippen LogP contribution is -2.37. The van der Waals surface area contributed by atoms with E-state index in [2.05, 4.69) is 35.9 Å². The summed E-state index contributed by atoms with van der Waals surface area (Å²) in [6, 6.07) is 5.16. The van der Waals surface area contributed by atoms with Gasteiger partial charge in [0.15, 0.2) is 5.78 Å². The molecule has 0 bridgehead atoms. The normalized spacial score (nSPS) is 17.1. The molecule has 0 saturated heterocycles. The number of ketones is 1. The fraction of sp³-hybridized carbons (Fsp3) is 0.550. The highest BCUT2D eigenvalue weighted by Gasteiger charge is 2.27. The van der Waals surface area contributed by atoms with E-state index >= 15 is 0 Å². The van der Waals surface area contributed by atoms with Gasteiger partial charge in [0.2, 0.25) is 0 Å². The van der Waals surface area contributed by atoms with Crippen molar-refractivity contribution >= 4 is 16.7 Å². The lowest BCUT2D eigenvalue weighted by Gasteiger charge is -2.27. The molecule has 0 fully saturated rings. The lowest BCUT2D eigenvalue weighted by molar-refractivity contribution is 0.0990. The summed E-state index contributed by atoms with van der Waals surface area (Å²) in [5.41, 5.74) is 4.85. The number of nitrogens with zero attached hydrogens (tertiary/aromatic N) is 1. The van der Waals surface area contributed by atoms with Crippen molar-refractivity contribution in [3.05, 3.63) is 35.0 Å². The first-order valence-corrected chi connectivity index (χ1v) is 9.08. The second-order valence-corrected chi connectivity index (χ2v) is 6.74. The third-order valence-electron chi connectivity index (χ3n) is 5.07. The zero-order chi connectivity index (χ0) is 16.4. The molecule has 1 aliphatic rings. The van der Waals surface area contributed by atoms with Crippen LogP contribution in [0.25, 0.3) is 10.9 Å². The molecule has 3 nitrogen and oxygen atoms in total. The van der Waals surface area contributed by atoms with Crippen LogP contribution in [0.4, 0.5) is 0 Å². The molecule has 0 radical (unpaired) electrons. The Hall–Kier alpha value is -1.61. The van der Waals surface area contributed by atoms with E-state index in [1.165, 1.54) is 37.1 Å². The lowest BCUT2D eigenvalue weighted by atomic mass is 10.0. The van der Waals surface area contributed by atoms with Gasteiger partial charge < -0.3 is 4.98 Å². The molecule has 0 amide bonds. The number of rotatable bonds is 7. The maximum absolute atomic E-state index is 12.1. The van der Waals surface area contributed by atoms with Crippen LogP contribution in [0.15, 0.2) is 18.3 Å². The standard InChI is InChI=1S/C20H28N2O/c1-4-7-22(8-5-2)16-9-14-11-17-18(20(23)6-3)13-21-19(17)12-15(14)10-16/h11-13,16,21H,4-10H2,1-3H3. The van der Waals surface area contributed by atoms with Crippen molar-refractivity contribution < 1.29 is 4.79 Å². The molecule has 1 heterocycles. The average molecular weight is 312 g/mol. The highest BCUT2D eigenvalue weighted by atomic mass is 16.1. The van der Waals surface area contributed by atoms with E-state index in [4.69, 9.17) is 0 Å². The van der Waals surface area contributed by atoms with Crippen molar-refractivity contribution in [3.63, 3.8) is 0 Å². The zero-order valence-corrected chi connectivity index (χ0v) is 14.6. The Kier molecular flexibility index (Phi) is 4.86. The van der Waals surface area contributed by atoms with E-state index in [0.29, 0.717) is 12.5 Å². The first kappa shape index (κ1) is 16.3. The second-order valence-electron chi connectivity index (χ2n) is 6.74. The highest BCUT2D eigenvalue weighted by molar-refractivity contribution is 6.08. The smallest absolute Gasteiger partial charge is 0.164 e. The molecule has 1 unspecified atom stereocenters. The molecule has 23 heavy (non-hydrogen) atoms. The predicted octanol–water partition coefficient (Wildman–Crippen LogP) is 4.35. The maximum atomic E-state index is 12.1. The van der Waals surface area contributed by atoms with Crippen molar-refractivity contribution in [2.45, 2.75) is 58.9 Å². The molecule has 124 valence electrons. The molecule has 1 atom stereocenters. The quantitative estimate of drug-likeness (QED) is 0.772. The summed E-state index contributed by atoms with van der Waals surface area (Å²) in [6.07, 6.45) is 7.13. The summed E-state index contributed by atoms with van der Waals surface area (Å²) in [5, 5.41) is 1.11. The van der Waals surface area contributed by atoms with E-state index in [-0.39, 0.29) is 5.78 Å². The molecule has 2 aromatic rings. The summed E-state index contributed by atoms with van der Waals surface area (Å²) >= 11 is 0. The largest absolute Gasteiger partial charge is 0.360 e. The van der Waals surface area contributed by atoms with Crippen LogP contribution in [0.3, 0.4) is 0 Å². The summed E-state index contributed by atoms with van der Waals surface area (Å²) in [4.78, 5) is 18.0. The Morgan fingerprint density at radius 1 is 1.13 bits per heavy atom. The van der Waals surface area contributed by atoms with Gasteiger partial charge in [-0.05, 0) is 62.0 Å². The number of carbonyl (C=O) groups excluding carboxylic acids is 1. The van der Waals surface area contributed by atoms with Gasteiger partial charge in [-0.25, -0.2) is 0 Å². The first-order valence-electron chi connectivity index (χ1n) is 9.08. The minimum absolute atomic E-state index is 0.226. The van der Waals surface area contributed by atoms with Gasteiger partial charge in [-0.1, -0.05) is 20.8 Å². The maximum Gasteiger partial charge on any atom is 0.164 e. The molecule has 1 N–H and O–H groups in total. The predicted molar refractivity (Wildman–Crippen MR) is 96.3 cm³/mol. The topological polar surface area (TPSA) is 36.1 Å². The van der Waals surface area contributed by atoms with Crippen LogP contribution in [-0.2, 0) is 12.8 Å². The van der Waals surface area contributed by atoms with Gasteiger partial charge in [-0.15, -0.1) is 0 Å². The Bertz CT molecular complexity index is 695. The summed E-state index contributed by atoms with van der Waals surface area (Å²) in [6.45, 7) is 8.82. The number of carbonyl (C=O) groups is 1. The number of aromatic nitrogens is 1. The zero-order valence-electron chi connectivity index (χ0n) is 14.6. The van der Waals surface area contributed by atoms with Crippen molar-refractivity contribution in [2.75, 3.05) is 13.1 Å². The molecule has 0 saturated carbocycles. The molecule has 3 heteroatoms. The summed E-state index contributed by atoms with van der Waals surface area (Å²) in [7, 11) is 0. The van der Waals surface area contributed by atoms with E-state index in [1.54, 1.807) is 0 Å². The second kappa shape index (κ2) is 6.88. The third kappa shape index (κ3) is 3.07. The van der Waals surface area contributed by atoms with Gasteiger partial charge in [-0.3, -0.25) is 9.69 Å². The van der Waals surface area contributed by atoms with Crippen LogP contribution >= 0.6 is 0 Å². The summed E-state index contributed by atoms with van der Waals surface area (Å²) < 4.78 is 0. The third-order valence-corrected chi connectivity index (χ3v) is 5.07. The van der Waals surface area contributed by atoms with E-state index in [9.17, 15) is 4.79 Å². The molecule has 0 spiro atoms. The monoisotopic (exact) mass is 312 g/mol. The molecule has 1 aromatic carbocycles. The highest BCUT2D eigenvalue weighted by Crippen LogP contribution is 2.31. The number of Topliss-reactive ketones (excluding diaryl/α,β-unsaturated/α-hetero) is 1. The van der Waals surface area contributed by atoms with Crippen LogP contribution in [0.2, 0.25) is 0 Å². The molecule has 1 aromatic heterocycles. The van der Waals surface area contributed by atoms with Gasteiger partial charge in [0, 0.05) is 35.1 Å². The molecular formula is C20H28N2O. The van der Waals surface area contributed by atoms with Crippen molar-refractivity contribution in [2.24, 2.45) is 0 Å². The number of hydrogen-bond donors (Lipinski definition) is 1. The van der Waals surface area contributed by atoms with Gasteiger partial charge in [0.25, 0.3) is 0 Å². The summed E-state index contributed by atoms with van der Waals surface area (Å²) in [5.74, 6) is 0.226. The molecule has 0 aliphatic heterocycles. The van der Waals surface area contributed by atoms with E-state index in [1.807, 2.05) is 13.1 Å². The Labute approximate surface area is 139 Å².